The SMILES string of the molecule is C[C@H](c1ccc(O)cc1)c1c(O)cc(O)cc1[C@@H]1Cc2cc(O)cc(O)c2[C@H]1c1ccc(O)cc1. The quantitative estimate of drug-likeness (QED) is 0.233. The molecule has 1 aliphatic rings. The molecule has 0 fully saturated rings. The van der Waals surface area contributed by atoms with Crippen LogP contribution in [0.1, 0.15) is 58.1 Å². The first-order chi connectivity index (χ1) is 16.7. The van der Waals surface area contributed by atoms with Gasteiger partial charge in [-0.05, 0) is 71.0 Å². The molecule has 4 aromatic carbocycles. The fourth-order valence-electron chi connectivity index (χ4n) is 5.49. The molecule has 6 nitrogen and oxygen atoms in total. The standard InChI is InChI=1S/C29H26O6/c1-15(16-2-6-19(30)7-3-16)27-24(12-22(33)14-25(27)34)23-11-18-10-21(32)13-26(35)29(18)28(23)17-4-8-20(31)9-5-17/h2-10,12-15,23,28,30-35H,11H2,1H3/t15-,23+,28+/m1/s1. The van der Waals surface area contributed by atoms with Gasteiger partial charge in [0, 0.05) is 35.1 Å². The summed E-state index contributed by atoms with van der Waals surface area (Å²) >= 11 is 0. The van der Waals surface area contributed by atoms with Crippen molar-refractivity contribution in [2.75, 3.05) is 0 Å². The zero-order valence-electron chi connectivity index (χ0n) is 19.1. The third-order valence-corrected chi connectivity index (χ3v) is 7.03. The van der Waals surface area contributed by atoms with Crippen molar-refractivity contribution >= 4 is 0 Å². The van der Waals surface area contributed by atoms with E-state index in [0.717, 1.165) is 22.3 Å². The smallest absolute Gasteiger partial charge is 0.123 e. The number of aromatic hydroxyl groups is 6. The molecule has 6 heteroatoms. The van der Waals surface area contributed by atoms with Gasteiger partial charge in [0.25, 0.3) is 0 Å². The van der Waals surface area contributed by atoms with Gasteiger partial charge in [-0.15, -0.1) is 0 Å². The third-order valence-electron chi connectivity index (χ3n) is 7.03. The number of phenols is 6. The molecule has 0 radical (unpaired) electrons. The zero-order chi connectivity index (χ0) is 24.9. The highest BCUT2D eigenvalue weighted by Crippen LogP contribution is 2.54. The van der Waals surface area contributed by atoms with Crippen LogP contribution in [-0.4, -0.2) is 30.6 Å². The summed E-state index contributed by atoms with van der Waals surface area (Å²) < 4.78 is 0. The Hall–Kier alpha value is -4.32. The van der Waals surface area contributed by atoms with E-state index in [0.29, 0.717) is 17.5 Å². The van der Waals surface area contributed by atoms with Crippen molar-refractivity contribution in [3.8, 4) is 34.5 Å². The Bertz CT molecular complexity index is 1390. The van der Waals surface area contributed by atoms with E-state index >= 15 is 0 Å². The first-order valence-electron chi connectivity index (χ1n) is 11.4. The summed E-state index contributed by atoms with van der Waals surface area (Å²) in [5.74, 6) is -0.828. The molecule has 0 spiro atoms. The fraction of sp³-hybridized carbons (Fsp3) is 0.172. The molecule has 6 N–H and O–H groups in total. The van der Waals surface area contributed by atoms with Crippen LogP contribution in [0.25, 0.3) is 0 Å². The van der Waals surface area contributed by atoms with E-state index in [1.54, 1.807) is 60.7 Å². The van der Waals surface area contributed by atoms with Gasteiger partial charge >= 0.3 is 0 Å². The van der Waals surface area contributed by atoms with E-state index in [1.165, 1.54) is 12.1 Å². The molecule has 1 aliphatic carbocycles. The van der Waals surface area contributed by atoms with Crippen LogP contribution >= 0.6 is 0 Å². The van der Waals surface area contributed by atoms with E-state index in [1.807, 2.05) is 6.92 Å². The van der Waals surface area contributed by atoms with Crippen LogP contribution in [-0.2, 0) is 6.42 Å². The van der Waals surface area contributed by atoms with Crippen LogP contribution in [0.5, 0.6) is 34.5 Å². The summed E-state index contributed by atoms with van der Waals surface area (Å²) in [4.78, 5) is 0. The van der Waals surface area contributed by atoms with Crippen LogP contribution in [0, 0.1) is 0 Å². The van der Waals surface area contributed by atoms with Crippen molar-refractivity contribution in [2.45, 2.75) is 31.1 Å². The van der Waals surface area contributed by atoms with Crippen molar-refractivity contribution < 1.29 is 30.6 Å². The summed E-state index contributed by atoms with van der Waals surface area (Å²) in [7, 11) is 0. The van der Waals surface area contributed by atoms with Crippen LogP contribution in [0.2, 0.25) is 0 Å². The lowest BCUT2D eigenvalue weighted by atomic mass is 9.76. The summed E-state index contributed by atoms with van der Waals surface area (Å²) in [6, 6.07) is 19.4. The molecular weight excluding hydrogens is 444 g/mol. The largest absolute Gasteiger partial charge is 0.508 e. The summed E-state index contributed by atoms with van der Waals surface area (Å²) in [6.07, 6.45) is 0.459. The molecule has 35 heavy (non-hydrogen) atoms. The number of fused-ring (bicyclic) bond motifs is 1. The van der Waals surface area contributed by atoms with E-state index in [4.69, 9.17) is 0 Å². The third kappa shape index (κ3) is 3.97. The Balaban J connectivity index is 1.71. The highest BCUT2D eigenvalue weighted by molar-refractivity contribution is 5.60. The van der Waals surface area contributed by atoms with Crippen LogP contribution < -0.4 is 0 Å². The van der Waals surface area contributed by atoms with Gasteiger partial charge in [0.15, 0.2) is 0 Å². The second kappa shape index (κ2) is 8.47. The van der Waals surface area contributed by atoms with Crippen molar-refractivity contribution in [3.05, 3.63) is 106 Å². The van der Waals surface area contributed by atoms with Gasteiger partial charge in [-0.1, -0.05) is 31.2 Å². The summed E-state index contributed by atoms with van der Waals surface area (Å²) in [6.45, 7) is 1.95. The zero-order valence-corrected chi connectivity index (χ0v) is 19.1. The van der Waals surface area contributed by atoms with Gasteiger partial charge in [-0.3, -0.25) is 0 Å². The molecule has 178 valence electrons. The minimum Gasteiger partial charge on any atom is -0.508 e. The number of phenolic OH excluding ortho intramolecular Hbond substituents is 6. The lowest BCUT2D eigenvalue weighted by Crippen LogP contribution is -2.12. The Morgan fingerprint density at radius 1 is 0.657 bits per heavy atom. The molecule has 0 heterocycles. The molecule has 0 unspecified atom stereocenters. The number of hydrogen-bond donors (Lipinski definition) is 6. The first kappa shape index (κ1) is 22.5. The lowest BCUT2D eigenvalue weighted by Gasteiger charge is -2.27. The highest BCUT2D eigenvalue weighted by Gasteiger charge is 2.39. The number of hydrogen-bond acceptors (Lipinski definition) is 6. The average molecular weight is 471 g/mol. The van der Waals surface area contributed by atoms with Gasteiger partial charge in [0.1, 0.15) is 34.5 Å². The van der Waals surface area contributed by atoms with Gasteiger partial charge < -0.3 is 30.6 Å². The minimum atomic E-state index is -0.349. The molecule has 0 aliphatic heterocycles. The molecule has 0 saturated heterocycles. The molecule has 0 saturated carbocycles. The molecule has 3 atom stereocenters. The van der Waals surface area contributed by atoms with E-state index in [9.17, 15) is 30.6 Å². The van der Waals surface area contributed by atoms with Gasteiger partial charge in [0.2, 0.25) is 0 Å². The Morgan fingerprint density at radius 2 is 1.23 bits per heavy atom. The van der Waals surface area contributed by atoms with E-state index in [-0.39, 0.29) is 52.3 Å². The van der Waals surface area contributed by atoms with Crippen LogP contribution in [0.4, 0.5) is 0 Å². The first-order valence-corrected chi connectivity index (χ1v) is 11.4. The van der Waals surface area contributed by atoms with Gasteiger partial charge in [-0.2, -0.15) is 0 Å². The molecule has 4 aromatic rings. The second-order valence-electron chi connectivity index (χ2n) is 9.20. The average Bonchev–Trinajstić information content (AvgIpc) is 3.19. The highest BCUT2D eigenvalue weighted by atomic mass is 16.3. The van der Waals surface area contributed by atoms with Crippen LogP contribution in [0.15, 0.2) is 72.8 Å². The maximum absolute atomic E-state index is 11.0. The topological polar surface area (TPSA) is 121 Å². The monoisotopic (exact) mass is 470 g/mol. The summed E-state index contributed by atoms with van der Waals surface area (Å²) in [5.41, 5.74) is 4.53. The minimum absolute atomic E-state index is 0.0296. The molecular formula is C29H26O6. The Morgan fingerprint density at radius 3 is 1.89 bits per heavy atom. The van der Waals surface area contributed by atoms with E-state index in [2.05, 4.69) is 0 Å². The predicted octanol–water partition coefficient (Wildman–Crippen LogP) is 5.54. The van der Waals surface area contributed by atoms with Gasteiger partial charge in [-0.25, -0.2) is 0 Å². The fourth-order valence-corrected chi connectivity index (χ4v) is 5.49. The summed E-state index contributed by atoms with van der Waals surface area (Å²) in [5, 5.41) is 62.0. The van der Waals surface area contributed by atoms with Gasteiger partial charge in [0.05, 0.1) is 0 Å². The molecule has 0 bridgehead atoms. The Labute approximate surface area is 202 Å². The molecule has 0 amide bonds. The molecule has 5 rings (SSSR count). The lowest BCUT2D eigenvalue weighted by molar-refractivity contribution is 0.439. The van der Waals surface area contributed by atoms with Crippen molar-refractivity contribution in [1.82, 2.24) is 0 Å². The maximum Gasteiger partial charge on any atom is 0.123 e. The van der Waals surface area contributed by atoms with Crippen LogP contribution in [0.3, 0.4) is 0 Å². The van der Waals surface area contributed by atoms with E-state index < -0.39 is 0 Å². The van der Waals surface area contributed by atoms with Crippen molar-refractivity contribution in [3.63, 3.8) is 0 Å². The predicted molar refractivity (Wildman–Crippen MR) is 132 cm³/mol. The normalized spacial score (nSPS) is 17.7. The number of rotatable bonds is 4. The Kier molecular flexibility index (Phi) is 5.44. The van der Waals surface area contributed by atoms with Crippen molar-refractivity contribution in [1.29, 1.82) is 0 Å². The van der Waals surface area contributed by atoms with Crippen molar-refractivity contribution in [2.24, 2.45) is 0 Å². The molecule has 0 aromatic heterocycles. The maximum atomic E-state index is 11.0. The second-order valence-corrected chi connectivity index (χ2v) is 9.20. The number of benzene rings is 4.